The van der Waals surface area contributed by atoms with Crippen LogP contribution in [0.3, 0.4) is 0 Å². The number of amides is 1. The van der Waals surface area contributed by atoms with E-state index in [-0.39, 0.29) is 35.4 Å². The Kier molecular flexibility index (Phi) is 10.2. The molecule has 0 fully saturated rings. The van der Waals surface area contributed by atoms with Gasteiger partial charge in [0.2, 0.25) is 5.91 Å². The van der Waals surface area contributed by atoms with Gasteiger partial charge in [-0.25, -0.2) is 8.42 Å². The predicted octanol–water partition coefficient (Wildman–Crippen LogP) is 3.61. The van der Waals surface area contributed by atoms with Crippen LogP contribution in [-0.4, -0.2) is 64.4 Å². The zero-order valence-corrected chi connectivity index (χ0v) is 21.2. The van der Waals surface area contributed by atoms with Crippen LogP contribution in [0.4, 0.5) is 5.69 Å². The molecule has 7 nitrogen and oxygen atoms in total. The number of nitrogens with zero attached hydrogens (tertiary/aromatic N) is 3. The van der Waals surface area contributed by atoms with Gasteiger partial charge < -0.3 is 10.2 Å². The molecule has 0 saturated carbocycles. The third kappa shape index (κ3) is 7.99. The summed E-state index contributed by atoms with van der Waals surface area (Å²) in [6, 6.07) is 14.2. The lowest BCUT2D eigenvalue weighted by molar-refractivity contribution is -0.120. The molecule has 0 bridgehead atoms. The third-order valence-corrected chi connectivity index (χ3v) is 7.16. The first-order valence-corrected chi connectivity index (χ1v) is 12.6. The fourth-order valence-corrected chi connectivity index (χ4v) is 4.74. The summed E-state index contributed by atoms with van der Waals surface area (Å²) in [6.07, 6.45) is 1.57. The van der Waals surface area contributed by atoms with Gasteiger partial charge in [0.25, 0.3) is 0 Å². The number of rotatable bonds is 10. The summed E-state index contributed by atoms with van der Waals surface area (Å²) in [5.41, 5.74) is 2.82. The molecule has 3 rings (SSSR count). The number of sulfone groups is 1. The van der Waals surface area contributed by atoms with Crippen molar-refractivity contribution in [3.8, 4) is 0 Å². The Labute approximate surface area is 207 Å². The van der Waals surface area contributed by atoms with Gasteiger partial charge in [-0.15, -0.1) is 12.4 Å². The van der Waals surface area contributed by atoms with E-state index in [0.29, 0.717) is 11.6 Å². The molecule has 2 aromatic rings. The molecule has 0 radical (unpaired) electrons. The summed E-state index contributed by atoms with van der Waals surface area (Å²) in [5, 5.41) is 9.97. The van der Waals surface area contributed by atoms with Crippen LogP contribution in [0.25, 0.3) is 0 Å². The number of anilines is 1. The fraction of sp³-hybridized carbons (Fsp3) is 0.391. The van der Waals surface area contributed by atoms with Crippen LogP contribution >= 0.6 is 24.0 Å². The van der Waals surface area contributed by atoms with Gasteiger partial charge in [-0.2, -0.15) is 5.10 Å². The summed E-state index contributed by atoms with van der Waals surface area (Å²) in [7, 11) is 0.400. The van der Waals surface area contributed by atoms with Gasteiger partial charge in [0, 0.05) is 31.0 Å². The van der Waals surface area contributed by atoms with Crippen LogP contribution in [0, 0.1) is 0 Å². The van der Waals surface area contributed by atoms with Crippen LogP contribution in [0.15, 0.2) is 58.5 Å². The second kappa shape index (κ2) is 12.4. The number of carbonyl (C=O) groups is 1. The third-order valence-electron chi connectivity index (χ3n) is 5.18. The van der Waals surface area contributed by atoms with E-state index < -0.39 is 9.84 Å². The SMILES string of the molecule is CN(C)CCCNC(=O)CCS(=O)(=O)c1ccc(N2CCC(c3ccc(Cl)cc3)=N2)cc1.Cl. The summed E-state index contributed by atoms with van der Waals surface area (Å²) < 4.78 is 25.2. The maximum atomic E-state index is 12.6. The molecular formula is C23H30Cl2N4O3S. The molecule has 0 unspecified atom stereocenters. The monoisotopic (exact) mass is 512 g/mol. The molecule has 0 saturated heterocycles. The molecule has 10 heteroatoms. The Hall–Kier alpha value is -2.13. The highest BCUT2D eigenvalue weighted by Crippen LogP contribution is 2.24. The number of halogens is 2. The smallest absolute Gasteiger partial charge is 0.221 e. The molecule has 1 N–H and O–H groups in total. The van der Waals surface area contributed by atoms with E-state index in [1.54, 1.807) is 24.3 Å². The zero-order chi connectivity index (χ0) is 23.1. The summed E-state index contributed by atoms with van der Waals surface area (Å²) in [4.78, 5) is 14.2. The molecule has 1 aliphatic rings. The van der Waals surface area contributed by atoms with Gasteiger partial charge in [0.05, 0.1) is 22.0 Å². The van der Waals surface area contributed by atoms with Crippen molar-refractivity contribution in [1.82, 2.24) is 10.2 Å². The van der Waals surface area contributed by atoms with Crippen LogP contribution in [0.1, 0.15) is 24.8 Å². The lowest BCUT2D eigenvalue weighted by Crippen LogP contribution is -2.28. The van der Waals surface area contributed by atoms with Crippen molar-refractivity contribution in [1.29, 1.82) is 0 Å². The lowest BCUT2D eigenvalue weighted by atomic mass is 10.1. The van der Waals surface area contributed by atoms with E-state index in [2.05, 4.69) is 10.4 Å². The number of benzene rings is 2. The minimum absolute atomic E-state index is 0. The molecule has 0 spiro atoms. The summed E-state index contributed by atoms with van der Waals surface area (Å²) in [5.74, 6) is -0.459. The quantitative estimate of drug-likeness (QED) is 0.491. The maximum Gasteiger partial charge on any atom is 0.221 e. The van der Waals surface area contributed by atoms with Crippen LogP contribution in [-0.2, 0) is 14.6 Å². The molecule has 0 atom stereocenters. The Bertz CT molecular complexity index is 1060. The van der Waals surface area contributed by atoms with Gasteiger partial charge in [-0.3, -0.25) is 9.80 Å². The molecule has 2 aromatic carbocycles. The molecule has 1 amide bonds. The van der Waals surface area contributed by atoms with E-state index in [1.807, 2.05) is 48.3 Å². The molecule has 1 aliphatic heterocycles. The summed E-state index contributed by atoms with van der Waals surface area (Å²) in [6.45, 7) is 2.13. The largest absolute Gasteiger partial charge is 0.356 e. The van der Waals surface area contributed by atoms with Gasteiger partial charge >= 0.3 is 0 Å². The normalized spacial score (nSPS) is 13.6. The van der Waals surface area contributed by atoms with E-state index in [4.69, 9.17) is 11.6 Å². The van der Waals surface area contributed by atoms with Gasteiger partial charge in [0.1, 0.15) is 0 Å². The van der Waals surface area contributed by atoms with Crippen LogP contribution in [0.5, 0.6) is 0 Å². The fourth-order valence-electron chi connectivity index (χ4n) is 3.37. The lowest BCUT2D eigenvalue weighted by Gasteiger charge is -2.14. The molecular weight excluding hydrogens is 483 g/mol. The molecule has 0 aromatic heterocycles. The van der Waals surface area contributed by atoms with Gasteiger partial charge in [0.15, 0.2) is 9.84 Å². The average molecular weight is 513 g/mol. The molecule has 33 heavy (non-hydrogen) atoms. The number of hydrogen-bond acceptors (Lipinski definition) is 6. The zero-order valence-electron chi connectivity index (χ0n) is 18.8. The number of hydrazone groups is 1. The van der Waals surface area contributed by atoms with E-state index >= 15 is 0 Å². The van der Waals surface area contributed by atoms with Crippen molar-refractivity contribution in [3.05, 3.63) is 59.1 Å². The van der Waals surface area contributed by atoms with E-state index in [9.17, 15) is 13.2 Å². The maximum absolute atomic E-state index is 12.6. The van der Waals surface area contributed by atoms with Gasteiger partial charge in [-0.05, 0) is 69.0 Å². The van der Waals surface area contributed by atoms with Crippen molar-refractivity contribution in [3.63, 3.8) is 0 Å². The standard InChI is InChI=1S/C23H29ClN4O3S.ClH/c1-27(2)15-3-14-25-23(29)13-17-32(30,31)21-10-8-20(9-11-21)28-16-12-22(26-28)18-4-6-19(24)7-5-18;/h4-11H,3,12-17H2,1-2H3,(H,25,29);1H. The highest BCUT2D eigenvalue weighted by molar-refractivity contribution is 7.91. The highest BCUT2D eigenvalue weighted by atomic mass is 35.5. The number of carbonyl (C=O) groups excluding carboxylic acids is 1. The summed E-state index contributed by atoms with van der Waals surface area (Å²) >= 11 is 5.95. The minimum Gasteiger partial charge on any atom is -0.356 e. The van der Waals surface area contributed by atoms with E-state index in [1.165, 1.54) is 0 Å². The highest BCUT2D eigenvalue weighted by Gasteiger charge is 2.20. The van der Waals surface area contributed by atoms with Crippen molar-refractivity contribution in [2.24, 2.45) is 5.10 Å². The molecule has 1 heterocycles. The van der Waals surface area contributed by atoms with Crippen molar-refractivity contribution < 1.29 is 13.2 Å². The Morgan fingerprint density at radius 2 is 1.79 bits per heavy atom. The molecule has 180 valence electrons. The second-order valence-electron chi connectivity index (χ2n) is 8.00. The van der Waals surface area contributed by atoms with Crippen LogP contribution < -0.4 is 10.3 Å². The van der Waals surface area contributed by atoms with Crippen molar-refractivity contribution in [2.45, 2.75) is 24.2 Å². The first-order chi connectivity index (χ1) is 15.2. The minimum atomic E-state index is -3.53. The first kappa shape index (κ1) is 27.1. The number of nitrogens with one attached hydrogen (secondary N) is 1. The Balaban J connectivity index is 0.00000385. The first-order valence-electron chi connectivity index (χ1n) is 10.6. The average Bonchev–Trinajstić information content (AvgIpc) is 3.26. The van der Waals surface area contributed by atoms with Crippen molar-refractivity contribution >= 4 is 51.2 Å². The Morgan fingerprint density at radius 3 is 2.42 bits per heavy atom. The second-order valence-corrected chi connectivity index (χ2v) is 10.5. The van der Waals surface area contributed by atoms with Gasteiger partial charge in [-0.1, -0.05) is 23.7 Å². The molecule has 0 aliphatic carbocycles. The van der Waals surface area contributed by atoms with Crippen LogP contribution in [0.2, 0.25) is 5.02 Å². The van der Waals surface area contributed by atoms with E-state index in [0.717, 1.165) is 42.9 Å². The number of hydrogen-bond donors (Lipinski definition) is 1. The van der Waals surface area contributed by atoms with Crippen molar-refractivity contribution in [2.75, 3.05) is 44.5 Å². The Morgan fingerprint density at radius 1 is 1.12 bits per heavy atom. The predicted molar refractivity (Wildman–Crippen MR) is 136 cm³/mol. The topological polar surface area (TPSA) is 82.1 Å².